The molecule has 0 atom stereocenters. The van der Waals surface area contributed by atoms with Crippen molar-refractivity contribution in [3.63, 3.8) is 0 Å². The van der Waals surface area contributed by atoms with Gasteiger partial charge >= 0.3 is 0 Å². The third-order valence-electron chi connectivity index (χ3n) is 2.85. The van der Waals surface area contributed by atoms with Crippen LogP contribution < -0.4 is 5.73 Å². The lowest BCUT2D eigenvalue weighted by atomic mass is 10.2. The van der Waals surface area contributed by atoms with Crippen molar-refractivity contribution in [2.24, 2.45) is 0 Å². The van der Waals surface area contributed by atoms with Crippen LogP contribution in [0.4, 0.5) is 5.69 Å². The first-order chi connectivity index (χ1) is 9.43. The van der Waals surface area contributed by atoms with E-state index in [4.69, 9.17) is 5.73 Å². The smallest absolute Gasteiger partial charge is 0.267 e. The van der Waals surface area contributed by atoms with Crippen molar-refractivity contribution in [3.05, 3.63) is 60.2 Å². The van der Waals surface area contributed by atoms with Crippen molar-refractivity contribution in [2.45, 2.75) is 4.90 Å². The molecule has 2 N–H and O–H groups in total. The van der Waals surface area contributed by atoms with E-state index in [0.717, 1.165) is 4.31 Å². The number of nitrogens with zero attached hydrogens (tertiary/aromatic N) is 1. The first-order valence-electron chi connectivity index (χ1n) is 5.87. The molecule has 0 saturated carbocycles. The summed E-state index contributed by atoms with van der Waals surface area (Å²) in [6.45, 7) is 0. The van der Waals surface area contributed by atoms with Gasteiger partial charge in [-0.05, 0) is 36.4 Å². The zero-order valence-corrected chi connectivity index (χ0v) is 11.7. The standard InChI is InChI=1S/C14H14N2O3S/c1-16(14(17)11-5-3-2-4-6-11)20(18,19)13-9-7-12(15)8-10-13/h2-10H,15H2,1H3. The Morgan fingerprint density at radius 3 is 2.10 bits per heavy atom. The molecule has 0 unspecified atom stereocenters. The topological polar surface area (TPSA) is 80.5 Å². The fourth-order valence-electron chi connectivity index (χ4n) is 1.67. The first kappa shape index (κ1) is 14.1. The molecule has 0 aliphatic heterocycles. The summed E-state index contributed by atoms with van der Waals surface area (Å²) in [5.74, 6) is -0.581. The van der Waals surface area contributed by atoms with E-state index in [0.29, 0.717) is 11.3 Å². The van der Waals surface area contributed by atoms with Gasteiger partial charge in [-0.25, -0.2) is 12.7 Å². The molecule has 2 rings (SSSR count). The van der Waals surface area contributed by atoms with Crippen LogP contribution in [0.3, 0.4) is 0 Å². The SMILES string of the molecule is CN(C(=O)c1ccccc1)S(=O)(=O)c1ccc(N)cc1. The predicted molar refractivity (Wildman–Crippen MR) is 76.6 cm³/mol. The summed E-state index contributed by atoms with van der Waals surface area (Å²) in [7, 11) is -2.64. The molecule has 2 aromatic rings. The molecule has 0 spiro atoms. The molecular formula is C14H14N2O3S. The third-order valence-corrected chi connectivity index (χ3v) is 4.60. The number of hydrogen-bond donors (Lipinski definition) is 1. The minimum atomic E-state index is -3.87. The number of carbonyl (C=O) groups excluding carboxylic acids is 1. The molecule has 0 saturated heterocycles. The lowest BCUT2D eigenvalue weighted by Gasteiger charge is -2.17. The average Bonchev–Trinajstić information content (AvgIpc) is 2.47. The molecule has 5 nitrogen and oxygen atoms in total. The van der Waals surface area contributed by atoms with Crippen LogP contribution in [0.1, 0.15) is 10.4 Å². The van der Waals surface area contributed by atoms with E-state index in [1.54, 1.807) is 30.3 Å². The molecule has 0 aliphatic carbocycles. The second-order valence-electron chi connectivity index (χ2n) is 4.21. The molecule has 0 aromatic heterocycles. The molecule has 6 heteroatoms. The highest BCUT2D eigenvalue weighted by atomic mass is 32.2. The summed E-state index contributed by atoms with van der Waals surface area (Å²) in [5, 5.41) is 0. The van der Waals surface area contributed by atoms with Gasteiger partial charge in [-0.3, -0.25) is 4.79 Å². The molecule has 2 aromatic carbocycles. The van der Waals surface area contributed by atoms with Gasteiger partial charge in [0.2, 0.25) is 0 Å². The van der Waals surface area contributed by atoms with E-state index in [9.17, 15) is 13.2 Å². The summed E-state index contributed by atoms with van der Waals surface area (Å²) in [5.41, 5.74) is 6.29. The number of benzene rings is 2. The Labute approximate surface area is 117 Å². The van der Waals surface area contributed by atoms with Gasteiger partial charge in [-0.1, -0.05) is 18.2 Å². The number of hydrogen-bond acceptors (Lipinski definition) is 4. The molecule has 0 radical (unpaired) electrons. The summed E-state index contributed by atoms with van der Waals surface area (Å²) in [4.78, 5) is 12.2. The fourth-order valence-corrected chi connectivity index (χ4v) is 2.79. The Bertz CT molecular complexity index is 710. The van der Waals surface area contributed by atoms with E-state index < -0.39 is 15.9 Å². The molecule has 0 heterocycles. The van der Waals surface area contributed by atoms with Gasteiger partial charge in [0.15, 0.2) is 0 Å². The monoisotopic (exact) mass is 290 g/mol. The van der Waals surface area contributed by atoms with Gasteiger partial charge in [-0.2, -0.15) is 0 Å². The summed E-state index contributed by atoms with van der Waals surface area (Å²) in [6.07, 6.45) is 0. The number of amides is 1. The Hall–Kier alpha value is -2.34. The van der Waals surface area contributed by atoms with Crippen molar-refractivity contribution in [3.8, 4) is 0 Å². The number of nitrogen functional groups attached to an aromatic ring is 1. The van der Waals surface area contributed by atoms with E-state index in [-0.39, 0.29) is 4.90 Å². The van der Waals surface area contributed by atoms with Gasteiger partial charge in [0.25, 0.3) is 15.9 Å². The molecule has 104 valence electrons. The van der Waals surface area contributed by atoms with E-state index in [2.05, 4.69) is 0 Å². The fraction of sp³-hybridized carbons (Fsp3) is 0.0714. The molecule has 20 heavy (non-hydrogen) atoms. The minimum Gasteiger partial charge on any atom is -0.399 e. The summed E-state index contributed by atoms with van der Waals surface area (Å²) >= 11 is 0. The maximum Gasteiger partial charge on any atom is 0.267 e. The Morgan fingerprint density at radius 1 is 1.00 bits per heavy atom. The lowest BCUT2D eigenvalue weighted by Crippen LogP contribution is -2.33. The highest BCUT2D eigenvalue weighted by Gasteiger charge is 2.26. The number of nitrogens with two attached hydrogens (primary N) is 1. The van der Waals surface area contributed by atoms with Crippen LogP contribution in [-0.2, 0) is 10.0 Å². The average molecular weight is 290 g/mol. The van der Waals surface area contributed by atoms with Crippen LogP contribution in [0.2, 0.25) is 0 Å². The largest absolute Gasteiger partial charge is 0.399 e. The zero-order valence-electron chi connectivity index (χ0n) is 10.9. The normalized spacial score (nSPS) is 11.1. The molecular weight excluding hydrogens is 276 g/mol. The first-order valence-corrected chi connectivity index (χ1v) is 7.31. The molecule has 1 amide bonds. The van der Waals surface area contributed by atoms with Crippen LogP contribution in [0, 0.1) is 0 Å². The van der Waals surface area contributed by atoms with Crippen molar-refractivity contribution >= 4 is 21.6 Å². The van der Waals surface area contributed by atoms with E-state index in [1.165, 1.54) is 31.3 Å². The van der Waals surface area contributed by atoms with Gasteiger partial charge in [-0.15, -0.1) is 0 Å². The second kappa shape index (κ2) is 5.34. The summed E-state index contributed by atoms with van der Waals surface area (Å²) < 4.78 is 25.4. The second-order valence-corrected chi connectivity index (χ2v) is 6.18. The Morgan fingerprint density at radius 2 is 1.55 bits per heavy atom. The quantitative estimate of drug-likeness (QED) is 0.873. The molecule has 0 bridgehead atoms. The summed E-state index contributed by atoms with van der Waals surface area (Å²) in [6, 6.07) is 14.0. The minimum absolute atomic E-state index is 0.0264. The van der Waals surface area contributed by atoms with Gasteiger partial charge < -0.3 is 5.73 Å². The number of anilines is 1. The van der Waals surface area contributed by atoms with Crippen molar-refractivity contribution < 1.29 is 13.2 Å². The predicted octanol–water partition coefficient (Wildman–Crippen LogP) is 1.73. The van der Waals surface area contributed by atoms with E-state index in [1.807, 2.05) is 0 Å². The Balaban J connectivity index is 2.35. The highest BCUT2D eigenvalue weighted by Crippen LogP contribution is 2.18. The lowest BCUT2D eigenvalue weighted by molar-refractivity contribution is 0.0883. The number of carbonyl (C=O) groups is 1. The van der Waals surface area contributed by atoms with Crippen LogP contribution in [-0.4, -0.2) is 25.7 Å². The van der Waals surface area contributed by atoms with Crippen LogP contribution >= 0.6 is 0 Å². The Kier molecular flexibility index (Phi) is 3.76. The number of sulfonamides is 1. The molecule has 0 aliphatic rings. The maximum atomic E-state index is 12.3. The van der Waals surface area contributed by atoms with Gasteiger partial charge in [0.1, 0.15) is 0 Å². The van der Waals surface area contributed by atoms with Crippen LogP contribution in [0.15, 0.2) is 59.5 Å². The van der Waals surface area contributed by atoms with E-state index >= 15 is 0 Å². The zero-order chi connectivity index (χ0) is 14.8. The molecule has 0 fully saturated rings. The van der Waals surface area contributed by atoms with Crippen LogP contribution in [0.5, 0.6) is 0 Å². The van der Waals surface area contributed by atoms with Crippen molar-refractivity contribution in [1.82, 2.24) is 4.31 Å². The van der Waals surface area contributed by atoms with Crippen molar-refractivity contribution in [2.75, 3.05) is 12.8 Å². The highest BCUT2D eigenvalue weighted by molar-refractivity contribution is 7.89. The van der Waals surface area contributed by atoms with Crippen molar-refractivity contribution in [1.29, 1.82) is 0 Å². The third kappa shape index (κ3) is 2.65. The van der Waals surface area contributed by atoms with Crippen LogP contribution in [0.25, 0.3) is 0 Å². The number of rotatable bonds is 3. The van der Waals surface area contributed by atoms with Gasteiger partial charge in [0.05, 0.1) is 4.90 Å². The maximum absolute atomic E-state index is 12.3. The van der Waals surface area contributed by atoms with Gasteiger partial charge in [0, 0.05) is 18.3 Å².